The molecule has 0 aliphatic carbocycles. The van der Waals surface area contributed by atoms with Gasteiger partial charge in [0.15, 0.2) is 0 Å². The maximum atomic E-state index is 10.7. The van der Waals surface area contributed by atoms with Crippen LogP contribution in [0.15, 0.2) is 38.0 Å². The van der Waals surface area contributed by atoms with Gasteiger partial charge in [-0.25, -0.2) is 4.79 Å². The number of carboxylic acid groups (broad SMARTS) is 2. The summed E-state index contributed by atoms with van der Waals surface area (Å²) in [5.74, 6) is -1.96. The quantitative estimate of drug-likeness (QED) is 0.106. The van der Waals surface area contributed by atoms with E-state index in [1.54, 1.807) is 8.87 Å². The van der Waals surface area contributed by atoms with Gasteiger partial charge in [0.05, 0.1) is 18.5 Å². The molecule has 0 radical (unpaired) electrons. The molecule has 0 atom stereocenters. The summed E-state index contributed by atoms with van der Waals surface area (Å²) in [4.78, 5) is 29.0. The van der Waals surface area contributed by atoms with E-state index in [1.807, 2.05) is 0 Å². The van der Waals surface area contributed by atoms with Crippen molar-refractivity contribution in [1.29, 1.82) is 0 Å². The summed E-state index contributed by atoms with van der Waals surface area (Å²) in [7, 11) is 0. The molecular weight excluding hydrogens is 539 g/mol. The van der Waals surface area contributed by atoms with Gasteiger partial charge in [-0.3, -0.25) is 0 Å². The third-order valence-corrected chi connectivity index (χ3v) is 8.12. The minimum absolute atomic E-state index is 0.149. The van der Waals surface area contributed by atoms with Crippen LogP contribution >= 0.6 is 0 Å². The number of hydrogen-bond donors (Lipinski definition) is 0. The fourth-order valence-electron chi connectivity index (χ4n) is 2.15. The molecule has 0 unspecified atom stereocenters. The topological polar surface area (TPSA) is 107 Å². The zero-order valence-electron chi connectivity index (χ0n) is 22.1. The van der Waals surface area contributed by atoms with E-state index >= 15 is 0 Å². The van der Waals surface area contributed by atoms with Crippen LogP contribution in [0.25, 0.3) is 0 Å². The van der Waals surface area contributed by atoms with Crippen molar-refractivity contribution >= 4 is 39.1 Å². The molecule has 0 aliphatic rings. The second-order valence-corrected chi connectivity index (χ2v) is 12.1. The molecule has 0 rings (SSSR count). The van der Waals surface area contributed by atoms with Gasteiger partial charge in [-0.05, 0) is 24.5 Å². The predicted molar refractivity (Wildman–Crippen MR) is 139 cm³/mol. The van der Waals surface area contributed by atoms with Gasteiger partial charge in [-0.1, -0.05) is 65.7 Å². The summed E-state index contributed by atoms with van der Waals surface area (Å²) in [6.07, 6.45) is 15.8. The van der Waals surface area contributed by atoms with Gasteiger partial charge < -0.3 is 24.5 Å². The average Bonchev–Trinajstić information content (AvgIpc) is 2.81. The zero-order valence-corrected chi connectivity index (χ0v) is 24.9. The van der Waals surface area contributed by atoms with E-state index in [0.29, 0.717) is 6.61 Å². The van der Waals surface area contributed by atoms with E-state index in [9.17, 15) is 4.79 Å². The summed E-state index contributed by atoms with van der Waals surface area (Å²) in [6, 6.07) is 0. The summed E-state index contributed by atoms with van der Waals surface area (Å²) < 4.78 is 8.13. The van der Waals surface area contributed by atoms with Crippen molar-refractivity contribution in [3.63, 3.8) is 0 Å². The van der Waals surface area contributed by atoms with E-state index < -0.39 is 11.9 Å². The second kappa shape index (κ2) is 36.0. The van der Waals surface area contributed by atoms with Gasteiger partial charge in [0.1, 0.15) is 0 Å². The van der Waals surface area contributed by atoms with Crippen molar-refractivity contribution in [2.75, 3.05) is 6.61 Å². The number of esters is 1. The first kappa shape index (κ1) is 39.6. The first-order valence-corrected chi connectivity index (χ1v) is 16.3. The van der Waals surface area contributed by atoms with E-state index in [-0.39, 0.29) is 27.1 Å². The van der Waals surface area contributed by atoms with Crippen molar-refractivity contribution in [2.24, 2.45) is 5.92 Å². The van der Waals surface area contributed by atoms with Crippen molar-refractivity contribution in [3.8, 4) is 0 Å². The van der Waals surface area contributed by atoms with Crippen LogP contribution in [0.4, 0.5) is 0 Å². The molecule has 0 aromatic carbocycles. The summed E-state index contributed by atoms with van der Waals surface area (Å²) in [5, 5.41) is 18.3. The second-order valence-electron chi connectivity index (χ2n) is 7.83. The van der Waals surface area contributed by atoms with Crippen molar-refractivity contribution < 1.29 is 29.3 Å². The normalized spacial score (nSPS) is 8.85. The molecule has 0 amide bonds. The number of carbonyl (C=O) groups excluding carboxylic acids is 3. The molecule has 0 saturated carbocycles. The fraction of sp³-hybridized carbons (Fsp3) is 0.667. The molecule has 0 fully saturated rings. The van der Waals surface area contributed by atoms with Crippen LogP contribution in [0.5, 0.6) is 0 Å². The number of hydrogen-bond acceptors (Lipinski definition) is 6. The first-order chi connectivity index (χ1) is 16.1. The molecule has 6 nitrogen and oxygen atoms in total. The number of rotatable bonds is 17. The Bertz CT molecular complexity index is 479. The number of carboxylic acids is 2. The van der Waals surface area contributed by atoms with Gasteiger partial charge in [0.2, 0.25) is 0 Å². The molecule has 196 valence electrons. The third kappa shape index (κ3) is 57.4. The van der Waals surface area contributed by atoms with Crippen molar-refractivity contribution in [1.82, 2.24) is 0 Å². The summed E-state index contributed by atoms with van der Waals surface area (Å²) >= 11 is 0.149. The van der Waals surface area contributed by atoms with Gasteiger partial charge in [0.25, 0.3) is 0 Å². The van der Waals surface area contributed by atoms with E-state index in [4.69, 9.17) is 24.5 Å². The summed E-state index contributed by atoms with van der Waals surface area (Å²) in [5.41, 5.74) is 0. The van der Waals surface area contributed by atoms with Gasteiger partial charge in [-0.2, -0.15) is 0 Å². The van der Waals surface area contributed by atoms with Crippen LogP contribution < -0.4 is 10.2 Å². The molecule has 0 saturated heterocycles. The fourth-order valence-corrected chi connectivity index (χ4v) is 6.30. The Balaban J connectivity index is -0.000000200. The number of aliphatic carboxylic acids is 2. The van der Waals surface area contributed by atoms with E-state index in [0.717, 1.165) is 30.9 Å². The van der Waals surface area contributed by atoms with Crippen LogP contribution in [-0.4, -0.2) is 45.7 Å². The van der Waals surface area contributed by atoms with Crippen molar-refractivity contribution in [2.45, 2.75) is 101 Å². The Labute approximate surface area is 219 Å². The summed E-state index contributed by atoms with van der Waals surface area (Å²) in [6.45, 7) is 18.8. The Morgan fingerprint density at radius 1 is 0.765 bits per heavy atom. The number of ether oxygens (including phenoxy) is 1. The number of carbonyl (C=O) groups is 3. The molecule has 0 aliphatic heterocycles. The Hall–Kier alpha value is -1.57. The third-order valence-electron chi connectivity index (χ3n) is 4.08. The zero-order chi connectivity index (χ0) is 27.0. The SMILES string of the molecule is C=CC(=O)OCCCCCCCC(C)C.C=CC(=O)[O-].C=CC(=O)[O-].CCC[CH2][Sn+2][CH2]CCC. The molecule has 0 spiro atoms. The van der Waals surface area contributed by atoms with Crippen LogP contribution in [0, 0.1) is 5.92 Å². The van der Waals surface area contributed by atoms with Crippen LogP contribution in [0.1, 0.15) is 91.9 Å². The molecule has 34 heavy (non-hydrogen) atoms. The monoisotopic (exact) mass is 588 g/mol. The first-order valence-electron chi connectivity index (χ1n) is 12.3. The van der Waals surface area contributed by atoms with Gasteiger partial charge in [-0.15, -0.1) is 0 Å². The van der Waals surface area contributed by atoms with E-state index in [1.165, 1.54) is 57.4 Å². The van der Waals surface area contributed by atoms with Gasteiger partial charge >= 0.3 is 75.5 Å². The molecule has 0 heterocycles. The van der Waals surface area contributed by atoms with Crippen LogP contribution in [0.2, 0.25) is 8.87 Å². The average molecular weight is 587 g/mol. The molecule has 0 aromatic heterocycles. The maximum absolute atomic E-state index is 10.7. The standard InChI is InChI=1S/C13H24O2.2C4H9.2C3H4O2.Sn/c1-4-13(14)15-11-9-7-5-6-8-10-12(2)3;2*1-3-4-2;2*1-2-3(4)5;/h4,12H,1,5-11H2,2-3H3;2*1,3-4H2,2H3;2*2H,1H2,(H,4,5);/q;;;;;+2/p-2. The molecule has 0 aromatic rings. The van der Waals surface area contributed by atoms with Gasteiger partial charge in [0, 0.05) is 6.08 Å². The molecule has 0 bridgehead atoms. The minimum atomic E-state index is -1.23. The van der Waals surface area contributed by atoms with E-state index in [2.05, 4.69) is 47.4 Å². The molecule has 0 N–H and O–H groups in total. The predicted octanol–water partition coefficient (Wildman–Crippen LogP) is 4.68. The Kier molecular flexibility index (Phi) is 42.0. The van der Waals surface area contributed by atoms with Crippen LogP contribution in [-0.2, 0) is 19.1 Å². The van der Waals surface area contributed by atoms with Crippen molar-refractivity contribution in [3.05, 3.63) is 38.0 Å². The Morgan fingerprint density at radius 3 is 1.53 bits per heavy atom. The molecular formula is C27H48O6Sn. The Morgan fingerprint density at radius 2 is 1.18 bits per heavy atom. The number of unbranched alkanes of at least 4 members (excludes halogenated alkanes) is 6. The molecule has 7 heteroatoms. The van der Waals surface area contributed by atoms with Crippen LogP contribution in [0.3, 0.4) is 0 Å².